The second-order valence-corrected chi connectivity index (χ2v) is 5.12. The number of carbonyl (C=O) groups excluding carboxylic acids is 1. The molecule has 1 amide bonds. The molecule has 0 aliphatic heterocycles. The van der Waals surface area contributed by atoms with Crippen molar-refractivity contribution in [3.8, 4) is 0 Å². The van der Waals surface area contributed by atoms with Gasteiger partial charge < -0.3 is 5.32 Å². The Morgan fingerprint density at radius 2 is 2.21 bits per heavy atom. The first-order valence-corrected chi connectivity index (χ1v) is 6.81. The number of aromatic nitrogens is 4. The molecular formula is C12H16BrN5O. The third kappa shape index (κ3) is 3.04. The maximum Gasteiger partial charge on any atom is 0.273 e. The van der Waals surface area contributed by atoms with E-state index in [4.69, 9.17) is 0 Å². The van der Waals surface area contributed by atoms with E-state index in [0.717, 1.165) is 17.9 Å². The van der Waals surface area contributed by atoms with Crippen molar-refractivity contribution in [2.75, 3.05) is 0 Å². The number of carbonyl (C=O) groups is 1. The molecule has 6 nitrogen and oxygen atoms in total. The molecule has 0 radical (unpaired) electrons. The Labute approximate surface area is 119 Å². The van der Waals surface area contributed by atoms with Crippen LogP contribution in [-0.4, -0.2) is 25.5 Å². The van der Waals surface area contributed by atoms with Gasteiger partial charge in [0.1, 0.15) is 0 Å². The van der Waals surface area contributed by atoms with Crippen LogP contribution in [0.5, 0.6) is 0 Å². The Morgan fingerprint density at radius 1 is 1.47 bits per heavy atom. The van der Waals surface area contributed by atoms with Crippen LogP contribution in [-0.2, 0) is 20.1 Å². The molecule has 0 unspecified atom stereocenters. The van der Waals surface area contributed by atoms with Crippen LogP contribution >= 0.6 is 15.9 Å². The van der Waals surface area contributed by atoms with Gasteiger partial charge in [-0.2, -0.15) is 10.2 Å². The molecule has 2 aromatic rings. The average Bonchev–Trinajstić information content (AvgIpc) is 2.89. The first kappa shape index (κ1) is 13.8. The van der Waals surface area contributed by atoms with Crippen LogP contribution in [0.15, 0.2) is 16.7 Å². The number of halogens is 1. The zero-order valence-corrected chi connectivity index (χ0v) is 12.7. The highest BCUT2D eigenvalue weighted by atomic mass is 79.9. The van der Waals surface area contributed by atoms with E-state index in [1.165, 1.54) is 0 Å². The highest BCUT2D eigenvalue weighted by Gasteiger charge is 2.15. The largest absolute Gasteiger partial charge is 0.345 e. The van der Waals surface area contributed by atoms with E-state index in [1.54, 1.807) is 15.6 Å². The molecule has 102 valence electrons. The van der Waals surface area contributed by atoms with Gasteiger partial charge in [0.25, 0.3) is 5.91 Å². The molecule has 0 atom stereocenters. The van der Waals surface area contributed by atoms with Gasteiger partial charge in [0, 0.05) is 19.8 Å². The van der Waals surface area contributed by atoms with Crippen molar-refractivity contribution in [3.63, 3.8) is 0 Å². The van der Waals surface area contributed by atoms with E-state index in [1.807, 2.05) is 27.0 Å². The van der Waals surface area contributed by atoms with E-state index >= 15 is 0 Å². The van der Waals surface area contributed by atoms with Gasteiger partial charge in [0.15, 0.2) is 5.69 Å². The quantitative estimate of drug-likeness (QED) is 0.929. The predicted octanol–water partition coefficient (Wildman–Crippen LogP) is 1.64. The molecule has 0 aliphatic rings. The lowest BCUT2D eigenvalue weighted by Crippen LogP contribution is -2.25. The van der Waals surface area contributed by atoms with Crippen molar-refractivity contribution in [1.82, 2.24) is 24.9 Å². The zero-order valence-electron chi connectivity index (χ0n) is 11.1. The van der Waals surface area contributed by atoms with Crippen molar-refractivity contribution in [2.45, 2.75) is 26.9 Å². The highest BCUT2D eigenvalue weighted by molar-refractivity contribution is 9.10. The molecule has 0 aliphatic carbocycles. The normalized spacial score (nSPS) is 10.7. The summed E-state index contributed by atoms with van der Waals surface area (Å²) in [5.41, 5.74) is 2.29. The minimum absolute atomic E-state index is 0.196. The van der Waals surface area contributed by atoms with Crippen LogP contribution in [0.4, 0.5) is 0 Å². The maximum absolute atomic E-state index is 12.0. The standard InChI is InChI=1S/C12H16BrN5O/c1-4-18-7-10(13)11(16-18)12(19)14-6-9-5-8(2)15-17(9)3/h5,7H,4,6H2,1-3H3,(H,14,19). The van der Waals surface area contributed by atoms with Crippen molar-refractivity contribution >= 4 is 21.8 Å². The summed E-state index contributed by atoms with van der Waals surface area (Å²) in [6.45, 7) is 5.05. The minimum atomic E-state index is -0.196. The van der Waals surface area contributed by atoms with Gasteiger partial charge in [-0.25, -0.2) is 0 Å². The first-order valence-electron chi connectivity index (χ1n) is 6.02. The lowest BCUT2D eigenvalue weighted by Gasteiger charge is -2.04. The molecule has 2 aromatic heterocycles. The number of nitrogens with one attached hydrogen (secondary N) is 1. The van der Waals surface area contributed by atoms with E-state index in [2.05, 4.69) is 31.4 Å². The lowest BCUT2D eigenvalue weighted by molar-refractivity contribution is 0.0943. The van der Waals surface area contributed by atoms with Gasteiger partial charge >= 0.3 is 0 Å². The summed E-state index contributed by atoms with van der Waals surface area (Å²) in [6, 6.07) is 1.94. The number of rotatable bonds is 4. The topological polar surface area (TPSA) is 64.7 Å². The van der Waals surface area contributed by atoms with Crippen molar-refractivity contribution in [2.24, 2.45) is 7.05 Å². The molecule has 1 N–H and O–H groups in total. The SMILES string of the molecule is CCn1cc(Br)c(C(=O)NCc2cc(C)nn2C)n1. The van der Waals surface area contributed by atoms with E-state index in [-0.39, 0.29) is 5.91 Å². The molecular weight excluding hydrogens is 310 g/mol. The molecule has 0 fully saturated rings. The van der Waals surface area contributed by atoms with Gasteiger partial charge in [-0.15, -0.1) is 0 Å². The van der Waals surface area contributed by atoms with Crippen LogP contribution in [0, 0.1) is 6.92 Å². The van der Waals surface area contributed by atoms with Gasteiger partial charge in [0.05, 0.1) is 22.4 Å². The number of hydrogen-bond donors (Lipinski definition) is 1. The monoisotopic (exact) mass is 325 g/mol. The summed E-state index contributed by atoms with van der Waals surface area (Å²) >= 11 is 3.34. The molecule has 0 bridgehead atoms. The van der Waals surface area contributed by atoms with Gasteiger partial charge in [0.2, 0.25) is 0 Å². The Bertz CT molecular complexity index is 601. The summed E-state index contributed by atoms with van der Waals surface area (Å²) in [5, 5.41) is 11.3. The predicted molar refractivity (Wildman–Crippen MR) is 74.7 cm³/mol. The fourth-order valence-corrected chi connectivity index (χ4v) is 2.29. The summed E-state index contributed by atoms with van der Waals surface area (Å²) in [4.78, 5) is 12.0. The van der Waals surface area contributed by atoms with Crippen LogP contribution in [0.2, 0.25) is 0 Å². The highest BCUT2D eigenvalue weighted by Crippen LogP contribution is 2.14. The Balaban J connectivity index is 2.05. The summed E-state index contributed by atoms with van der Waals surface area (Å²) in [5.74, 6) is -0.196. The van der Waals surface area contributed by atoms with Gasteiger partial charge in [-0.1, -0.05) is 0 Å². The molecule has 0 saturated carbocycles. The van der Waals surface area contributed by atoms with Crippen LogP contribution < -0.4 is 5.32 Å². The Hall–Kier alpha value is -1.63. The smallest absolute Gasteiger partial charge is 0.273 e. The first-order chi connectivity index (χ1) is 9.01. The summed E-state index contributed by atoms with van der Waals surface area (Å²) in [6.07, 6.45) is 1.79. The second-order valence-electron chi connectivity index (χ2n) is 4.26. The Morgan fingerprint density at radius 3 is 2.74 bits per heavy atom. The molecule has 7 heteroatoms. The van der Waals surface area contributed by atoms with Crippen LogP contribution in [0.25, 0.3) is 0 Å². The number of hydrogen-bond acceptors (Lipinski definition) is 3. The van der Waals surface area contributed by atoms with E-state index in [0.29, 0.717) is 16.7 Å². The number of amides is 1. The molecule has 0 aromatic carbocycles. The van der Waals surface area contributed by atoms with Gasteiger partial charge in [-0.05, 0) is 35.8 Å². The fraction of sp³-hybridized carbons (Fsp3) is 0.417. The second kappa shape index (κ2) is 5.56. The third-order valence-corrected chi connectivity index (χ3v) is 3.37. The molecule has 2 rings (SSSR count). The van der Waals surface area contributed by atoms with Crippen LogP contribution in [0.3, 0.4) is 0 Å². The van der Waals surface area contributed by atoms with Crippen LogP contribution in [0.1, 0.15) is 28.8 Å². The maximum atomic E-state index is 12.0. The molecule has 2 heterocycles. The number of aryl methyl sites for hydroxylation is 3. The average molecular weight is 326 g/mol. The number of nitrogens with zero attached hydrogens (tertiary/aromatic N) is 4. The van der Waals surface area contributed by atoms with E-state index in [9.17, 15) is 4.79 Å². The molecule has 0 spiro atoms. The van der Waals surface area contributed by atoms with E-state index < -0.39 is 0 Å². The lowest BCUT2D eigenvalue weighted by atomic mass is 10.3. The third-order valence-electron chi connectivity index (χ3n) is 2.79. The summed E-state index contributed by atoms with van der Waals surface area (Å²) in [7, 11) is 1.86. The zero-order chi connectivity index (χ0) is 14.0. The van der Waals surface area contributed by atoms with Gasteiger partial charge in [-0.3, -0.25) is 14.2 Å². The summed E-state index contributed by atoms with van der Waals surface area (Å²) < 4.78 is 4.18. The van der Waals surface area contributed by atoms with Crippen molar-refractivity contribution in [1.29, 1.82) is 0 Å². The fourth-order valence-electron chi connectivity index (χ4n) is 1.80. The van der Waals surface area contributed by atoms with Crippen molar-refractivity contribution < 1.29 is 4.79 Å². The molecule has 0 saturated heterocycles. The van der Waals surface area contributed by atoms with Crippen molar-refractivity contribution in [3.05, 3.63) is 33.8 Å². The minimum Gasteiger partial charge on any atom is -0.345 e. The Kier molecular flexibility index (Phi) is 4.04. The molecule has 19 heavy (non-hydrogen) atoms.